The van der Waals surface area contributed by atoms with Gasteiger partial charge in [0.2, 0.25) is 5.91 Å². The van der Waals surface area contributed by atoms with Gasteiger partial charge in [-0.1, -0.05) is 32.3 Å². The number of methoxy groups -OCH3 is 1. The number of amides is 1. The highest BCUT2D eigenvalue weighted by Gasteiger charge is 2.20. The lowest BCUT2D eigenvalue weighted by Gasteiger charge is -2.29. The molecule has 2 N–H and O–H groups in total. The van der Waals surface area contributed by atoms with Crippen LogP contribution >= 0.6 is 0 Å². The Hall–Kier alpha value is -1.55. The van der Waals surface area contributed by atoms with Gasteiger partial charge in [0.05, 0.1) is 13.7 Å². The van der Waals surface area contributed by atoms with Crippen molar-refractivity contribution in [2.75, 3.05) is 19.0 Å². The Bertz CT molecular complexity index is 462. The molecule has 2 unspecified atom stereocenters. The monoisotopic (exact) mass is 290 g/mol. The van der Waals surface area contributed by atoms with Gasteiger partial charge >= 0.3 is 0 Å². The first-order valence-electron chi connectivity index (χ1n) is 7.88. The molecular weight excluding hydrogens is 264 g/mol. The van der Waals surface area contributed by atoms with Crippen LogP contribution in [0, 0.1) is 5.92 Å². The lowest BCUT2D eigenvalue weighted by Crippen LogP contribution is -2.39. The van der Waals surface area contributed by atoms with Gasteiger partial charge in [0.15, 0.2) is 0 Å². The molecule has 0 spiro atoms. The number of hydrogen-bond acceptors (Lipinski definition) is 3. The fraction of sp³-hybridized carbons (Fsp3) is 0.588. The number of benzene rings is 1. The van der Waals surface area contributed by atoms with E-state index in [9.17, 15) is 4.79 Å². The van der Waals surface area contributed by atoms with Crippen LogP contribution in [0.4, 0.5) is 5.69 Å². The molecule has 0 heterocycles. The molecule has 1 aliphatic carbocycles. The molecule has 4 heteroatoms. The molecule has 0 radical (unpaired) electrons. The first-order valence-corrected chi connectivity index (χ1v) is 7.88. The molecule has 1 fully saturated rings. The number of carbonyl (C=O) groups is 1. The van der Waals surface area contributed by atoms with Crippen molar-refractivity contribution in [1.82, 2.24) is 5.32 Å². The molecule has 21 heavy (non-hydrogen) atoms. The zero-order valence-electron chi connectivity index (χ0n) is 13.0. The highest BCUT2D eigenvalue weighted by Crippen LogP contribution is 2.26. The summed E-state index contributed by atoms with van der Waals surface area (Å²) in [5.74, 6) is 1.57. The van der Waals surface area contributed by atoms with Gasteiger partial charge in [-0.15, -0.1) is 0 Å². The lowest BCUT2D eigenvalue weighted by molar-refractivity contribution is -0.115. The minimum atomic E-state index is 0.00174. The van der Waals surface area contributed by atoms with E-state index < -0.39 is 0 Å². The van der Waals surface area contributed by atoms with Crippen molar-refractivity contribution in [2.45, 2.75) is 45.1 Å². The van der Waals surface area contributed by atoms with E-state index in [4.69, 9.17) is 4.74 Å². The molecule has 0 saturated heterocycles. The van der Waals surface area contributed by atoms with E-state index in [1.807, 2.05) is 24.3 Å². The number of carbonyl (C=O) groups excluding carboxylic acids is 1. The van der Waals surface area contributed by atoms with Crippen molar-refractivity contribution in [2.24, 2.45) is 5.92 Å². The number of ether oxygens (including phenoxy) is 1. The number of nitrogens with one attached hydrogen (secondary N) is 2. The van der Waals surface area contributed by atoms with E-state index >= 15 is 0 Å². The van der Waals surface area contributed by atoms with Crippen molar-refractivity contribution < 1.29 is 9.53 Å². The Labute approximate surface area is 127 Å². The third-order valence-corrected chi connectivity index (χ3v) is 4.26. The second kappa shape index (κ2) is 8.03. The highest BCUT2D eigenvalue weighted by molar-refractivity contribution is 5.92. The second-order valence-corrected chi connectivity index (χ2v) is 5.80. The van der Waals surface area contributed by atoms with Crippen molar-refractivity contribution in [3.8, 4) is 5.75 Å². The summed E-state index contributed by atoms with van der Waals surface area (Å²) in [6.45, 7) is 2.63. The van der Waals surface area contributed by atoms with E-state index in [1.54, 1.807) is 7.11 Å². The summed E-state index contributed by atoms with van der Waals surface area (Å²) in [5, 5.41) is 6.29. The van der Waals surface area contributed by atoms with Crippen molar-refractivity contribution >= 4 is 11.6 Å². The Balaban J connectivity index is 1.76. The van der Waals surface area contributed by atoms with Crippen molar-refractivity contribution in [3.63, 3.8) is 0 Å². The summed E-state index contributed by atoms with van der Waals surface area (Å²) < 4.78 is 5.15. The molecule has 0 aliphatic heterocycles. The molecule has 1 aromatic rings. The third kappa shape index (κ3) is 5.05. The zero-order chi connectivity index (χ0) is 15.1. The van der Waals surface area contributed by atoms with Gasteiger partial charge < -0.3 is 15.4 Å². The molecule has 1 saturated carbocycles. The molecule has 116 valence electrons. The minimum Gasteiger partial charge on any atom is -0.497 e. The Morgan fingerprint density at radius 3 is 3.00 bits per heavy atom. The number of hydrogen-bond donors (Lipinski definition) is 2. The molecular formula is C17H26N2O2. The highest BCUT2D eigenvalue weighted by atomic mass is 16.5. The number of anilines is 1. The predicted octanol–water partition coefficient (Wildman–Crippen LogP) is 3.19. The average molecular weight is 290 g/mol. The molecule has 2 rings (SSSR count). The van der Waals surface area contributed by atoms with E-state index in [0.717, 1.165) is 17.4 Å². The Kier molecular flexibility index (Phi) is 6.05. The smallest absolute Gasteiger partial charge is 0.238 e. The molecule has 4 nitrogen and oxygen atoms in total. The van der Waals surface area contributed by atoms with Crippen LogP contribution in [0.25, 0.3) is 0 Å². The van der Waals surface area contributed by atoms with E-state index in [2.05, 4.69) is 17.6 Å². The predicted molar refractivity (Wildman–Crippen MR) is 85.7 cm³/mol. The van der Waals surface area contributed by atoms with Gasteiger partial charge in [-0.2, -0.15) is 0 Å². The van der Waals surface area contributed by atoms with Gasteiger partial charge in [-0.25, -0.2) is 0 Å². The maximum absolute atomic E-state index is 12.0. The molecule has 0 aromatic heterocycles. The fourth-order valence-corrected chi connectivity index (χ4v) is 2.99. The van der Waals surface area contributed by atoms with Gasteiger partial charge in [-0.05, 0) is 30.9 Å². The third-order valence-electron chi connectivity index (χ3n) is 4.26. The summed E-state index contributed by atoms with van der Waals surface area (Å²) in [6, 6.07) is 7.91. The first kappa shape index (κ1) is 15.8. The second-order valence-electron chi connectivity index (χ2n) is 5.80. The van der Waals surface area contributed by atoms with E-state index in [0.29, 0.717) is 12.6 Å². The van der Waals surface area contributed by atoms with E-state index in [1.165, 1.54) is 32.1 Å². The van der Waals surface area contributed by atoms with Crippen LogP contribution in [0.3, 0.4) is 0 Å². The maximum atomic E-state index is 12.0. The van der Waals surface area contributed by atoms with Crippen LogP contribution < -0.4 is 15.4 Å². The van der Waals surface area contributed by atoms with Crippen LogP contribution in [0.5, 0.6) is 5.75 Å². The number of rotatable bonds is 6. The molecule has 1 aliphatic rings. The standard InChI is InChI=1S/C17H26N2O2/c1-3-13-6-4-7-14(10-13)18-12-17(20)19-15-8-5-9-16(11-15)21-2/h5,8-9,11,13-14,18H,3-4,6-7,10,12H2,1-2H3,(H,19,20). The summed E-state index contributed by atoms with van der Waals surface area (Å²) in [5.41, 5.74) is 0.774. The van der Waals surface area contributed by atoms with E-state index in [-0.39, 0.29) is 5.91 Å². The van der Waals surface area contributed by atoms with Crippen LogP contribution in [0.1, 0.15) is 39.0 Å². The average Bonchev–Trinajstić information content (AvgIpc) is 2.53. The molecule has 1 aromatic carbocycles. The molecule has 0 bridgehead atoms. The summed E-state index contributed by atoms with van der Waals surface area (Å²) >= 11 is 0. The summed E-state index contributed by atoms with van der Waals surface area (Å²) in [7, 11) is 1.62. The SMILES string of the molecule is CCC1CCCC(NCC(=O)Nc2cccc(OC)c2)C1. The van der Waals surface area contributed by atoms with Crippen LogP contribution in [0.15, 0.2) is 24.3 Å². The van der Waals surface area contributed by atoms with Gasteiger partial charge in [0, 0.05) is 17.8 Å². The topological polar surface area (TPSA) is 50.4 Å². The van der Waals surface area contributed by atoms with Crippen LogP contribution in [-0.4, -0.2) is 25.6 Å². The van der Waals surface area contributed by atoms with Crippen molar-refractivity contribution in [3.05, 3.63) is 24.3 Å². The summed E-state index contributed by atoms with van der Waals surface area (Å²) in [6.07, 6.45) is 6.23. The molecule has 2 atom stereocenters. The Morgan fingerprint density at radius 2 is 2.24 bits per heavy atom. The fourth-order valence-electron chi connectivity index (χ4n) is 2.99. The quantitative estimate of drug-likeness (QED) is 0.846. The van der Waals surface area contributed by atoms with Crippen molar-refractivity contribution in [1.29, 1.82) is 0 Å². The lowest BCUT2D eigenvalue weighted by atomic mass is 9.84. The maximum Gasteiger partial charge on any atom is 0.238 e. The largest absolute Gasteiger partial charge is 0.497 e. The normalized spacial score (nSPS) is 21.8. The van der Waals surface area contributed by atoms with Gasteiger partial charge in [0.25, 0.3) is 0 Å². The molecule has 1 amide bonds. The van der Waals surface area contributed by atoms with Gasteiger partial charge in [0.1, 0.15) is 5.75 Å². The zero-order valence-corrected chi connectivity index (χ0v) is 13.0. The van der Waals surface area contributed by atoms with Gasteiger partial charge in [-0.3, -0.25) is 4.79 Å². The first-order chi connectivity index (χ1) is 10.2. The summed E-state index contributed by atoms with van der Waals surface area (Å²) in [4.78, 5) is 12.0. The van der Waals surface area contributed by atoms with Crippen LogP contribution in [-0.2, 0) is 4.79 Å². The minimum absolute atomic E-state index is 0.00174. The Morgan fingerprint density at radius 1 is 1.38 bits per heavy atom. The van der Waals surface area contributed by atoms with Crippen LogP contribution in [0.2, 0.25) is 0 Å².